The monoisotopic (exact) mass is 420 g/mol. The molecule has 5 nitrogen and oxygen atoms in total. The maximum Gasteiger partial charge on any atom is 0.376 e. The molecule has 1 atom stereocenters. The van der Waals surface area contributed by atoms with Gasteiger partial charge in [0.15, 0.2) is 0 Å². The van der Waals surface area contributed by atoms with E-state index in [2.05, 4.69) is 0 Å². The number of esters is 1. The van der Waals surface area contributed by atoms with Gasteiger partial charge in [0.1, 0.15) is 6.10 Å². The van der Waals surface area contributed by atoms with Crippen molar-refractivity contribution < 1.29 is 27.5 Å². The van der Waals surface area contributed by atoms with Gasteiger partial charge in [-0.3, -0.25) is 4.57 Å². The number of carbonyl (C=O) groups is 1. The first-order chi connectivity index (χ1) is 13.5. The van der Waals surface area contributed by atoms with Crippen LogP contribution in [0.4, 0.5) is 4.39 Å². The lowest BCUT2D eigenvalue weighted by molar-refractivity contribution is -0.160. The van der Waals surface area contributed by atoms with Crippen LogP contribution in [0.3, 0.4) is 0 Å². The fraction of sp³-hybridized carbons (Fsp3) is 0.952. The third-order valence-corrected chi connectivity index (χ3v) is 8.07. The predicted octanol–water partition coefficient (Wildman–Crippen LogP) is 6.40. The number of hydrogen-bond acceptors (Lipinski definition) is 5. The molecule has 1 unspecified atom stereocenters. The van der Waals surface area contributed by atoms with E-state index >= 15 is 0 Å². The minimum atomic E-state index is -4.16. The highest BCUT2D eigenvalue weighted by Gasteiger charge is 2.45. The van der Waals surface area contributed by atoms with Gasteiger partial charge < -0.3 is 13.8 Å². The smallest absolute Gasteiger partial charge is 0.376 e. The molecule has 2 rings (SSSR count). The van der Waals surface area contributed by atoms with Crippen LogP contribution >= 0.6 is 7.60 Å². The third-order valence-electron chi connectivity index (χ3n) is 6.07. The van der Waals surface area contributed by atoms with E-state index in [-0.39, 0.29) is 31.2 Å². The molecule has 0 radical (unpaired) electrons. The molecule has 2 aliphatic rings. The number of carbonyl (C=O) groups excluding carboxylic acids is 1. The van der Waals surface area contributed by atoms with Crippen molar-refractivity contribution in [2.45, 2.75) is 103 Å². The van der Waals surface area contributed by atoms with Gasteiger partial charge in [0.05, 0.1) is 13.2 Å². The molecule has 0 N–H and O–H groups in total. The minimum absolute atomic E-state index is 0.0135. The zero-order valence-electron chi connectivity index (χ0n) is 17.6. The fourth-order valence-electron chi connectivity index (χ4n) is 4.70. The molecule has 2 aliphatic carbocycles. The first-order valence-corrected chi connectivity index (χ1v) is 12.9. The van der Waals surface area contributed by atoms with E-state index in [0.29, 0.717) is 0 Å². The Morgan fingerprint density at radius 3 is 1.61 bits per heavy atom. The van der Waals surface area contributed by atoms with Gasteiger partial charge in [0.2, 0.25) is 0 Å². The number of rotatable bonds is 9. The van der Waals surface area contributed by atoms with E-state index in [1.165, 1.54) is 25.7 Å². The van der Waals surface area contributed by atoms with E-state index in [1.807, 2.05) is 0 Å². The molecule has 0 spiro atoms. The quantitative estimate of drug-likeness (QED) is 0.245. The van der Waals surface area contributed by atoms with Crippen LogP contribution < -0.4 is 0 Å². The van der Waals surface area contributed by atoms with Crippen molar-refractivity contribution in [2.75, 3.05) is 13.2 Å². The maximum atomic E-state index is 14.9. The summed E-state index contributed by atoms with van der Waals surface area (Å²) in [5.74, 6) is -2.93. The van der Waals surface area contributed by atoms with Gasteiger partial charge >= 0.3 is 13.6 Å². The highest BCUT2D eigenvalue weighted by atomic mass is 31.2. The molecule has 0 saturated heterocycles. The van der Waals surface area contributed by atoms with E-state index in [9.17, 15) is 13.8 Å². The molecule has 0 aliphatic heterocycles. The Kier molecular flexibility index (Phi) is 10.5. The van der Waals surface area contributed by atoms with E-state index in [1.54, 1.807) is 13.8 Å². The molecular weight excluding hydrogens is 382 g/mol. The van der Waals surface area contributed by atoms with E-state index in [4.69, 9.17) is 13.8 Å². The SMILES string of the molecule is CCOP(=O)(OCC)C(F)C(=O)OC(C1CCCCCC1)C1CCCCCC1. The Morgan fingerprint density at radius 1 is 0.857 bits per heavy atom. The summed E-state index contributed by atoms with van der Waals surface area (Å²) in [7, 11) is -4.16. The topological polar surface area (TPSA) is 61.8 Å². The molecule has 7 heteroatoms. The standard InChI is InChI=1S/C21H38FO5P/c1-3-25-28(24,26-4-2)20(22)21(23)27-19(17-13-9-5-6-10-14-17)18-15-11-7-8-12-16-18/h17-20H,3-16H2,1-2H3. The van der Waals surface area contributed by atoms with Crippen LogP contribution in [-0.2, 0) is 23.1 Å². The Balaban J connectivity index is 2.14. The van der Waals surface area contributed by atoms with Gasteiger partial charge in [-0.15, -0.1) is 0 Å². The van der Waals surface area contributed by atoms with Gasteiger partial charge in [0, 0.05) is 0 Å². The maximum absolute atomic E-state index is 14.9. The summed E-state index contributed by atoms with van der Waals surface area (Å²) in [5.41, 5.74) is 0. The second kappa shape index (κ2) is 12.3. The second-order valence-corrected chi connectivity index (χ2v) is 10.2. The van der Waals surface area contributed by atoms with Crippen molar-refractivity contribution in [3.05, 3.63) is 0 Å². The Morgan fingerprint density at radius 2 is 1.25 bits per heavy atom. The van der Waals surface area contributed by atoms with Gasteiger partial charge in [-0.25, -0.2) is 9.18 Å². The molecular formula is C21H38FO5P. The first kappa shape index (κ1) is 23.8. The molecule has 0 aromatic rings. The average Bonchev–Trinajstić information content (AvgIpc) is 3.11. The largest absolute Gasteiger partial charge is 0.459 e. The average molecular weight is 421 g/mol. The van der Waals surface area contributed by atoms with Crippen molar-refractivity contribution in [1.29, 1.82) is 0 Å². The number of alkyl halides is 1. The lowest BCUT2D eigenvalue weighted by Gasteiger charge is -2.33. The van der Waals surface area contributed by atoms with Gasteiger partial charge in [-0.2, -0.15) is 0 Å². The normalized spacial score (nSPS) is 21.9. The summed E-state index contributed by atoms with van der Waals surface area (Å²) in [6, 6.07) is 0. The number of hydrogen-bond donors (Lipinski definition) is 0. The fourth-order valence-corrected chi connectivity index (χ4v) is 6.08. The molecule has 2 saturated carbocycles. The Hall–Kier alpha value is -0.450. The molecule has 28 heavy (non-hydrogen) atoms. The molecule has 0 aromatic carbocycles. The summed E-state index contributed by atoms with van der Waals surface area (Å²) in [4.78, 5) is 12.7. The molecule has 0 bridgehead atoms. The third kappa shape index (κ3) is 6.81. The van der Waals surface area contributed by atoms with Crippen molar-refractivity contribution in [3.8, 4) is 0 Å². The van der Waals surface area contributed by atoms with Crippen LogP contribution in [0.5, 0.6) is 0 Å². The summed E-state index contributed by atoms with van der Waals surface area (Å²) >= 11 is 0. The predicted molar refractivity (Wildman–Crippen MR) is 108 cm³/mol. The Bertz CT molecular complexity index is 469. The van der Waals surface area contributed by atoms with Crippen LogP contribution in [0.1, 0.15) is 90.9 Å². The summed E-state index contributed by atoms with van der Waals surface area (Å²) < 4.78 is 43.4. The summed E-state index contributed by atoms with van der Waals surface area (Å²) in [5, 5.41) is 0. The van der Waals surface area contributed by atoms with Crippen LogP contribution in [-0.4, -0.2) is 31.2 Å². The lowest BCUT2D eigenvalue weighted by Crippen LogP contribution is -2.37. The highest BCUT2D eigenvalue weighted by Crippen LogP contribution is 2.54. The molecule has 2 fully saturated rings. The minimum Gasteiger partial charge on any atom is -0.459 e. The molecule has 0 amide bonds. The second-order valence-electron chi connectivity index (χ2n) is 8.12. The van der Waals surface area contributed by atoms with Crippen LogP contribution in [0.2, 0.25) is 0 Å². The van der Waals surface area contributed by atoms with Crippen molar-refractivity contribution >= 4 is 13.6 Å². The Labute approximate surface area is 169 Å². The zero-order chi connectivity index (χ0) is 20.4. The first-order valence-electron chi connectivity index (χ1n) is 11.2. The zero-order valence-corrected chi connectivity index (χ0v) is 18.5. The number of halogens is 1. The summed E-state index contributed by atoms with van der Waals surface area (Å²) in [6.45, 7) is 3.23. The van der Waals surface area contributed by atoms with Crippen molar-refractivity contribution in [3.63, 3.8) is 0 Å². The molecule has 164 valence electrons. The summed E-state index contributed by atoms with van der Waals surface area (Å²) in [6.07, 6.45) is 13.1. The number of ether oxygens (including phenoxy) is 1. The van der Waals surface area contributed by atoms with Crippen LogP contribution in [0.15, 0.2) is 0 Å². The van der Waals surface area contributed by atoms with Gasteiger partial charge in [0.25, 0.3) is 5.91 Å². The van der Waals surface area contributed by atoms with E-state index in [0.717, 1.165) is 51.4 Å². The van der Waals surface area contributed by atoms with Crippen LogP contribution in [0, 0.1) is 11.8 Å². The van der Waals surface area contributed by atoms with Crippen molar-refractivity contribution in [2.24, 2.45) is 11.8 Å². The highest BCUT2D eigenvalue weighted by molar-refractivity contribution is 7.55. The van der Waals surface area contributed by atoms with Gasteiger partial charge in [-0.05, 0) is 51.4 Å². The van der Waals surface area contributed by atoms with Crippen molar-refractivity contribution in [1.82, 2.24) is 0 Å². The van der Waals surface area contributed by atoms with E-state index < -0.39 is 19.5 Å². The molecule has 0 heterocycles. The van der Waals surface area contributed by atoms with Gasteiger partial charge in [-0.1, -0.05) is 51.4 Å². The lowest BCUT2D eigenvalue weighted by atomic mass is 9.82. The molecule has 0 aromatic heterocycles. The van der Waals surface area contributed by atoms with Crippen LogP contribution in [0.25, 0.3) is 0 Å².